The van der Waals surface area contributed by atoms with Gasteiger partial charge in [-0.25, -0.2) is 19.8 Å². The van der Waals surface area contributed by atoms with Crippen molar-refractivity contribution in [2.24, 2.45) is 15.7 Å². The summed E-state index contributed by atoms with van der Waals surface area (Å²) in [6, 6.07) is 4.12. The molecule has 0 amide bonds. The lowest BCUT2D eigenvalue weighted by Crippen LogP contribution is -2.47. The molecule has 0 saturated carbocycles. The summed E-state index contributed by atoms with van der Waals surface area (Å²) in [6.07, 6.45) is 3.87. The van der Waals surface area contributed by atoms with E-state index in [1.165, 1.54) is 5.56 Å². The third kappa shape index (κ3) is 8.34. The lowest BCUT2D eigenvalue weighted by Gasteiger charge is -2.35. The van der Waals surface area contributed by atoms with Crippen LogP contribution in [0.3, 0.4) is 0 Å². The Hall–Kier alpha value is -3.51. The fourth-order valence-corrected chi connectivity index (χ4v) is 3.65. The fraction of sp³-hybridized carbons (Fsp3) is 0.522. The summed E-state index contributed by atoms with van der Waals surface area (Å²) in [4.78, 5) is 41.0. The van der Waals surface area contributed by atoms with Crippen LogP contribution in [0.5, 0.6) is 0 Å². The van der Waals surface area contributed by atoms with E-state index in [2.05, 4.69) is 56.4 Å². The largest absolute Gasteiger partial charge is 0.483 e. The number of carbonyl (C=O) groups is 1. The van der Waals surface area contributed by atoms with Gasteiger partial charge in [-0.3, -0.25) is 14.3 Å². The summed E-state index contributed by atoms with van der Waals surface area (Å²) in [5.41, 5.74) is 7.39. The highest BCUT2D eigenvalue weighted by Gasteiger charge is 2.20. The number of amidine groups is 1. The average Bonchev–Trinajstić information content (AvgIpc) is 3.18. The Labute approximate surface area is 205 Å². The zero-order valence-electron chi connectivity index (χ0n) is 20.5. The molecule has 35 heavy (non-hydrogen) atoms. The van der Waals surface area contributed by atoms with Crippen LogP contribution in [0.25, 0.3) is 0 Å². The van der Waals surface area contributed by atoms with Crippen molar-refractivity contribution in [2.45, 2.75) is 33.2 Å². The maximum Gasteiger partial charge on any atom is 0.327 e. The Balaban J connectivity index is 0.00000137. The number of nitrogens with one attached hydrogen (secondary N) is 1. The van der Waals surface area contributed by atoms with E-state index < -0.39 is 0 Å². The summed E-state index contributed by atoms with van der Waals surface area (Å²) in [7, 11) is 0. The number of hydrogen-bond acceptors (Lipinski definition) is 8. The summed E-state index contributed by atoms with van der Waals surface area (Å²) in [6.45, 7) is 13.1. The number of rotatable bonds is 11. The minimum Gasteiger partial charge on any atom is -0.483 e. The van der Waals surface area contributed by atoms with Crippen LogP contribution < -0.4 is 16.3 Å². The predicted octanol–water partition coefficient (Wildman–Crippen LogP) is 1.21. The second-order valence-corrected chi connectivity index (χ2v) is 8.00. The Morgan fingerprint density at radius 1 is 1.34 bits per heavy atom. The number of anilines is 1. The van der Waals surface area contributed by atoms with E-state index in [-0.39, 0.29) is 24.7 Å². The number of nitrogens with zero attached hydrogens (tertiary/aromatic N) is 6. The number of aromatic amines is 1. The van der Waals surface area contributed by atoms with Gasteiger partial charge >= 0.3 is 5.69 Å². The zero-order chi connectivity index (χ0) is 25.6. The summed E-state index contributed by atoms with van der Waals surface area (Å²) >= 11 is 0. The summed E-state index contributed by atoms with van der Waals surface area (Å²) in [5.74, 6) is 1.62. The second kappa shape index (κ2) is 14.7. The number of nitrogens with two attached hydrogens (primary N) is 1. The van der Waals surface area contributed by atoms with Gasteiger partial charge in [0, 0.05) is 52.1 Å². The second-order valence-electron chi connectivity index (χ2n) is 8.00. The van der Waals surface area contributed by atoms with Gasteiger partial charge in [-0.1, -0.05) is 13.3 Å². The molecule has 0 spiro atoms. The molecule has 1 aliphatic rings. The normalized spacial score (nSPS) is 14.3. The molecule has 0 aromatic carbocycles. The van der Waals surface area contributed by atoms with E-state index in [0.717, 1.165) is 51.4 Å². The summed E-state index contributed by atoms with van der Waals surface area (Å²) < 4.78 is 6.99. The van der Waals surface area contributed by atoms with Gasteiger partial charge in [0.1, 0.15) is 24.1 Å². The molecule has 0 aliphatic carbocycles. The molecular weight excluding hydrogens is 452 g/mol. The first-order valence-corrected chi connectivity index (χ1v) is 11.6. The molecule has 3 heterocycles. The van der Waals surface area contributed by atoms with Gasteiger partial charge in [0.2, 0.25) is 0 Å². The van der Waals surface area contributed by atoms with Crippen molar-refractivity contribution in [3.8, 4) is 0 Å². The molecule has 12 nitrogen and oxygen atoms in total. The lowest BCUT2D eigenvalue weighted by atomic mass is 10.2. The Kier molecular flexibility index (Phi) is 11.6. The molecule has 1 fully saturated rings. The standard InChI is InChI=1S/C22H34N8O2.CH2O2/c1-4-5-14-32-16-26-20(23)19-21(24-3)30(22(31)27-19)13-10-28-8-11-29(12-9-28)18-15-17(2)6-7-25-18;2-1-3/h6-7,15H,3-5,8-14,16H2,1-2H3,(H2,23,26)(H,27,31);1H,(H,2,3). The van der Waals surface area contributed by atoms with Crippen LogP contribution in [-0.4, -0.2) is 89.6 Å². The highest BCUT2D eigenvalue weighted by atomic mass is 16.5. The Bertz CT molecular complexity index is 1020. The van der Waals surface area contributed by atoms with E-state index in [9.17, 15) is 4.79 Å². The Morgan fingerprint density at radius 3 is 2.69 bits per heavy atom. The SMILES string of the molecule is C=Nc1c(/C(N)=N\COCCCC)[nH]c(=O)n1CCN1CCN(c2cc(C)ccn2)CC1.O=CO. The fourth-order valence-electron chi connectivity index (χ4n) is 3.65. The van der Waals surface area contributed by atoms with Gasteiger partial charge < -0.3 is 25.5 Å². The van der Waals surface area contributed by atoms with E-state index >= 15 is 0 Å². The number of aliphatic imine (C=N–C) groups is 2. The number of aromatic nitrogens is 3. The van der Waals surface area contributed by atoms with E-state index in [0.29, 0.717) is 24.7 Å². The molecule has 3 rings (SSSR count). The first-order valence-electron chi connectivity index (χ1n) is 11.6. The topological polar surface area (TPSA) is 154 Å². The van der Waals surface area contributed by atoms with Crippen LogP contribution in [0.15, 0.2) is 33.1 Å². The molecule has 0 atom stereocenters. The van der Waals surface area contributed by atoms with Crippen LogP contribution in [0, 0.1) is 6.92 Å². The van der Waals surface area contributed by atoms with Crippen molar-refractivity contribution in [3.63, 3.8) is 0 Å². The third-order valence-corrected chi connectivity index (χ3v) is 5.57. The Morgan fingerprint density at radius 2 is 2.06 bits per heavy atom. The molecule has 0 radical (unpaired) electrons. The molecule has 0 bridgehead atoms. The van der Waals surface area contributed by atoms with Crippen molar-refractivity contribution >= 4 is 30.7 Å². The lowest BCUT2D eigenvalue weighted by molar-refractivity contribution is -0.122. The number of hydrogen-bond donors (Lipinski definition) is 3. The molecular formula is C23H36N8O4. The highest BCUT2D eigenvalue weighted by molar-refractivity contribution is 5.99. The number of H-pyrrole nitrogens is 1. The quantitative estimate of drug-likeness (QED) is 0.185. The predicted molar refractivity (Wildman–Crippen MR) is 137 cm³/mol. The molecule has 2 aromatic rings. The van der Waals surface area contributed by atoms with Gasteiger partial charge in [0.05, 0.1) is 0 Å². The van der Waals surface area contributed by atoms with E-state index in [1.54, 1.807) is 4.57 Å². The monoisotopic (exact) mass is 488 g/mol. The number of carboxylic acid groups (broad SMARTS) is 1. The van der Waals surface area contributed by atoms with Crippen LogP contribution in [0.4, 0.5) is 11.6 Å². The molecule has 4 N–H and O–H groups in total. The van der Waals surface area contributed by atoms with E-state index in [1.807, 2.05) is 12.3 Å². The van der Waals surface area contributed by atoms with Gasteiger partial charge in [-0.05, 0) is 37.8 Å². The van der Waals surface area contributed by atoms with Crippen LogP contribution in [0.2, 0.25) is 0 Å². The zero-order valence-corrected chi connectivity index (χ0v) is 20.5. The van der Waals surface area contributed by atoms with Crippen molar-refractivity contribution in [2.75, 3.05) is 51.0 Å². The molecule has 2 aromatic heterocycles. The molecule has 1 saturated heterocycles. The highest BCUT2D eigenvalue weighted by Crippen LogP contribution is 2.17. The van der Waals surface area contributed by atoms with Crippen molar-refractivity contribution in [3.05, 3.63) is 40.1 Å². The number of pyridine rings is 1. The first kappa shape index (κ1) is 27.7. The maximum absolute atomic E-state index is 12.5. The number of unbranched alkanes of at least 4 members (excludes halogenated alkanes) is 1. The summed E-state index contributed by atoms with van der Waals surface area (Å²) in [5, 5.41) is 6.89. The molecule has 192 valence electrons. The van der Waals surface area contributed by atoms with Crippen molar-refractivity contribution < 1.29 is 14.6 Å². The van der Waals surface area contributed by atoms with Crippen molar-refractivity contribution in [1.82, 2.24) is 19.4 Å². The number of ether oxygens (including phenoxy) is 1. The van der Waals surface area contributed by atoms with Gasteiger partial charge in [0.25, 0.3) is 6.47 Å². The van der Waals surface area contributed by atoms with Gasteiger partial charge in [0.15, 0.2) is 5.82 Å². The number of aryl methyl sites for hydroxylation is 1. The molecule has 1 aliphatic heterocycles. The van der Waals surface area contributed by atoms with Crippen molar-refractivity contribution in [1.29, 1.82) is 0 Å². The first-order chi connectivity index (χ1) is 16.9. The number of piperazine rings is 1. The van der Waals surface area contributed by atoms with Crippen LogP contribution in [-0.2, 0) is 16.1 Å². The van der Waals surface area contributed by atoms with Crippen LogP contribution >= 0.6 is 0 Å². The van der Waals surface area contributed by atoms with E-state index in [4.69, 9.17) is 20.4 Å². The third-order valence-electron chi connectivity index (χ3n) is 5.57. The minimum absolute atomic E-state index is 0.149. The molecule has 12 heteroatoms. The minimum atomic E-state index is -0.268. The van der Waals surface area contributed by atoms with Gasteiger partial charge in [-0.2, -0.15) is 0 Å². The molecule has 0 unspecified atom stereocenters. The van der Waals surface area contributed by atoms with Crippen LogP contribution in [0.1, 0.15) is 31.0 Å². The average molecular weight is 489 g/mol. The smallest absolute Gasteiger partial charge is 0.327 e. The number of imidazole rings is 1. The maximum atomic E-state index is 12.5. The van der Waals surface area contributed by atoms with Gasteiger partial charge in [-0.15, -0.1) is 0 Å².